The Labute approximate surface area is 228 Å². The van der Waals surface area contributed by atoms with Crippen LogP contribution in [-0.2, 0) is 16.5 Å². The topological polar surface area (TPSA) is 138 Å². The number of amides is 1. The molecular weight excluding hydrogens is 553 g/mol. The highest BCUT2D eigenvalue weighted by molar-refractivity contribution is 7.86. The number of phenols is 1. The van der Waals surface area contributed by atoms with E-state index in [2.05, 4.69) is 15.5 Å². The van der Waals surface area contributed by atoms with Crippen molar-refractivity contribution in [3.8, 4) is 11.5 Å². The number of rotatable bonds is 7. The van der Waals surface area contributed by atoms with Gasteiger partial charge in [-0.2, -0.15) is 8.42 Å². The first-order valence-corrected chi connectivity index (χ1v) is 13.3. The van der Waals surface area contributed by atoms with Gasteiger partial charge in [-0.1, -0.05) is 60.5 Å². The van der Waals surface area contributed by atoms with Crippen LogP contribution in [0, 0.1) is 0 Å². The maximum atomic E-state index is 13.2. The van der Waals surface area contributed by atoms with E-state index >= 15 is 0 Å². The van der Waals surface area contributed by atoms with Crippen molar-refractivity contribution in [3.05, 3.63) is 81.8 Å². The average molecular weight is 574 g/mol. The lowest BCUT2D eigenvalue weighted by atomic mass is 10.0. The third-order valence-corrected chi connectivity index (χ3v) is 7.29. The monoisotopic (exact) mass is 573 g/mol. The summed E-state index contributed by atoms with van der Waals surface area (Å²) >= 11 is 12.3. The third kappa shape index (κ3) is 5.44. The van der Waals surface area contributed by atoms with Crippen molar-refractivity contribution >= 4 is 67.1 Å². The summed E-state index contributed by atoms with van der Waals surface area (Å²) in [6.45, 7) is 1.70. The third-order valence-electron chi connectivity index (χ3n) is 5.70. The van der Waals surface area contributed by atoms with Gasteiger partial charge < -0.3 is 15.2 Å². The molecule has 0 aliphatic carbocycles. The number of nitrogens with zero attached hydrogens (tertiary/aromatic N) is 2. The second-order valence-electron chi connectivity index (χ2n) is 8.06. The molecule has 0 spiro atoms. The van der Waals surface area contributed by atoms with Crippen molar-refractivity contribution < 1.29 is 27.6 Å². The Hall–Kier alpha value is -3.70. The molecule has 3 N–H and O–H groups in total. The molecule has 0 saturated heterocycles. The summed E-state index contributed by atoms with van der Waals surface area (Å²) < 4.78 is 39.3. The van der Waals surface area contributed by atoms with E-state index in [0.29, 0.717) is 27.2 Å². The molecule has 0 bridgehead atoms. The molecule has 0 aromatic heterocycles. The zero-order valence-corrected chi connectivity index (χ0v) is 22.4. The summed E-state index contributed by atoms with van der Waals surface area (Å²) in [7, 11) is -3.27. The Morgan fingerprint density at radius 2 is 1.68 bits per heavy atom. The number of halogens is 2. The first-order chi connectivity index (χ1) is 18.0. The maximum absolute atomic E-state index is 13.2. The number of benzene rings is 4. The van der Waals surface area contributed by atoms with E-state index < -0.39 is 26.7 Å². The Kier molecular flexibility index (Phi) is 7.89. The summed E-state index contributed by atoms with van der Waals surface area (Å²) in [4.78, 5) is 12.7. The average Bonchev–Trinajstić information content (AvgIpc) is 2.88. The van der Waals surface area contributed by atoms with Crippen LogP contribution in [0.1, 0.15) is 22.8 Å². The van der Waals surface area contributed by atoms with Crippen molar-refractivity contribution in [1.82, 2.24) is 0 Å². The van der Waals surface area contributed by atoms with Gasteiger partial charge in [0.1, 0.15) is 22.0 Å². The van der Waals surface area contributed by atoms with Gasteiger partial charge in [0, 0.05) is 17.1 Å². The SMILES string of the molecule is CCc1ccc(Cl)c(N=Nc2c(O)c(C(=O)Nc3ccc(Cl)c(OC)c3)cc3ccccc23)c1S(=O)(=O)O. The standard InChI is InChI=1S/C26H21Cl2N3O6S/c1-3-14-8-10-20(28)23(25(14)38(34,35)36)31-30-22-17-7-5-4-6-15(17)12-18(24(22)32)26(33)29-16-9-11-19(27)21(13-16)37-2/h4-13,32H,3H2,1-2H3,(H,29,33)(H,34,35,36). The van der Waals surface area contributed by atoms with E-state index in [1.54, 1.807) is 43.3 Å². The molecule has 4 aromatic rings. The first-order valence-electron chi connectivity index (χ1n) is 11.1. The molecule has 38 heavy (non-hydrogen) atoms. The molecule has 0 fully saturated rings. The predicted molar refractivity (Wildman–Crippen MR) is 146 cm³/mol. The predicted octanol–water partition coefficient (Wildman–Crippen LogP) is 7.34. The molecule has 1 amide bonds. The number of carbonyl (C=O) groups excluding carboxylic acids is 1. The minimum Gasteiger partial charge on any atom is -0.505 e. The fraction of sp³-hybridized carbons (Fsp3) is 0.115. The van der Waals surface area contributed by atoms with Gasteiger partial charge in [0.05, 0.1) is 22.7 Å². The fourth-order valence-electron chi connectivity index (χ4n) is 3.88. The van der Waals surface area contributed by atoms with Crippen LogP contribution in [0.4, 0.5) is 17.1 Å². The van der Waals surface area contributed by atoms with Gasteiger partial charge in [0.2, 0.25) is 0 Å². The van der Waals surface area contributed by atoms with Crippen molar-refractivity contribution in [3.63, 3.8) is 0 Å². The fourth-order valence-corrected chi connectivity index (χ4v) is 5.26. The van der Waals surface area contributed by atoms with E-state index in [1.165, 1.54) is 31.4 Å². The van der Waals surface area contributed by atoms with Gasteiger partial charge in [-0.05, 0) is 41.6 Å². The van der Waals surface area contributed by atoms with Gasteiger partial charge >= 0.3 is 0 Å². The minimum atomic E-state index is -4.71. The number of ether oxygens (including phenoxy) is 1. The van der Waals surface area contributed by atoms with Crippen LogP contribution in [0.25, 0.3) is 10.8 Å². The second-order valence-corrected chi connectivity index (χ2v) is 10.2. The van der Waals surface area contributed by atoms with E-state index in [1.807, 2.05) is 0 Å². The van der Waals surface area contributed by atoms with Gasteiger partial charge in [-0.25, -0.2) is 0 Å². The Morgan fingerprint density at radius 1 is 1.00 bits per heavy atom. The van der Waals surface area contributed by atoms with E-state index in [-0.39, 0.29) is 33.9 Å². The summed E-state index contributed by atoms with van der Waals surface area (Å²) in [6, 6.07) is 15.8. The lowest BCUT2D eigenvalue weighted by molar-refractivity contribution is 0.102. The Morgan fingerprint density at radius 3 is 2.37 bits per heavy atom. The van der Waals surface area contributed by atoms with Crippen molar-refractivity contribution in [2.24, 2.45) is 10.2 Å². The quantitative estimate of drug-likeness (QED) is 0.156. The normalized spacial score (nSPS) is 11.7. The maximum Gasteiger partial charge on any atom is 0.297 e. The number of aromatic hydroxyl groups is 1. The molecule has 0 unspecified atom stereocenters. The molecule has 0 atom stereocenters. The van der Waals surface area contributed by atoms with Crippen molar-refractivity contribution in [2.45, 2.75) is 18.2 Å². The number of fused-ring (bicyclic) bond motifs is 1. The zero-order valence-electron chi connectivity index (χ0n) is 20.1. The minimum absolute atomic E-state index is 0.0760. The van der Waals surface area contributed by atoms with Crippen LogP contribution in [0.2, 0.25) is 10.0 Å². The van der Waals surface area contributed by atoms with Gasteiger partial charge in [0.25, 0.3) is 16.0 Å². The lowest BCUT2D eigenvalue weighted by Crippen LogP contribution is -2.12. The molecule has 0 aliphatic rings. The number of azo groups is 1. The molecule has 12 heteroatoms. The van der Waals surface area contributed by atoms with Crippen LogP contribution < -0.4 is 10.1 Å². The molecule has 4 rings (SSSR count). The largest absolute Gasteiger partial charge is 0.505 e. The lowest BCUT2D eigenvalue weighted by Gasteiger charge is -2.13. The highest BCUT2D eigenvalue weighted by Crippen LogP contribution is 2.42. The Bertz CT molecular complexity index is 1710. The number of nitrogens with one attached hydrogen (secondary N) is 1. The summed E-state index contributed by atoms with van der Waals surface area (Å²) in [5.74, 6) is -0.803. The molecule has 0 aliphatic heterocycles. The van der Waals surface area contributed by atoms with Crippen LogP contribution in [0.15, 0.2) is 75.8 Å². The van der Waals surface area contributed by atoms with Crippen LogP contribution >= 0.6 is 23.2 Å². The van der Waals surface area contributed by atoms with E-state index in [0.717, 1.165) is 0 Å². The Balaban J connectivity index is 1.85. The number of carbonyl (C=O) groups is 1. The summed E-state index contributed by atoms with van der Waals surface area (Å²) in [6.07, 6.45) is 0.272. The summed E-state index contributed by atoms with van der Waals surface area (Å²) in [5.41, 5.74) is 0.149. The molecule has 0 heterocycles. The van der Waals surface area contributed by atoms with Crippen molar-refractivity contribution in [1.29, 1.82) is 0 Å². The van der Waals surface area contributed by atoms with Crippen LogP contribution in [0.5, 0.6) is 11.5 Å². The molecule has 0 saturated carbocycles. The number of hydrogen-bond acceptors (Lipinski definition) is 7. The molecular formula is C26H21Cl2N3O6S. The van der Waals surface area contributed by atoms with Crippen LogP contribution in [-0.4, -0.2) is 31.1 Å². The van der Waals surface area contributed by atoms with Crippen LogP contribution in [0.3, 0.4) is 0 Å². The van der Waals surface area contributed by atoms with Gasteiger partial charge in [-0.3, -0.25) is 9.35 Å². The molecule has 0 radical (unpaired) electrons. The van der Waals surface area contributed by atoms with Gasteiger partial charge in [-0.15, -0.1) is 10.2 Å². The first kappa shape index (κ1) is 27.3. The highest BCUT2D eigenvalue weighted by atomic mass is 35.5. The van der Waals surface area contributed by atoms with Gasteiger partial charge in [0.15, 0.2) is 5.75 Å². The molecule has 4 aromatic carbocycles. The summed E-state index contributed by atoms with van der Waals surface area (Å²) in [5, 5.41) is 23.2. The number of phenolic OH excluding ortho intramolecular Hbond substituents is 1. The number of aryl methyl sites for hydroxylation is 1. The second kappa shape index (κ2) is 11.0. The molecule has 196 valence electrons. The van der Waals surface area contributed by atoms with Crippen molar-refractivity contribution in [2.75, 3.05) is 12.4 Å². The number of anilines is 1. The molecule has 9 nitrogen and oxygen atoms in total. The van der Waals surface area contributed by atoms with E-state index in [4.69, 9.17) is 27.9 Å². The number of hydrogen-bond donors (Lipinski definition) is 3. The van der Waals surface area contributed by atoms with E-state index in [9.17, 15) is 22.9 Å². The zero-order chi connectivity index (χ0) is 27.6. The highest BCUT2D eigenvalue weighted by Gasteiger charge is 2.24. The smallest absolute Gasteiger partial charge is 0.297 e. The number of methoxy groups -OCH3 is 1.